The zero-order valence-corrected chi connectivity index (χ0v) is 12.2. The Morgan fingerprint density at radius 1 is 1.30 bits per heavy atom. The smallest absolute Gasteiger partial charge is 0.456 e. The van der Waals surface area contributed by atoms with Crippen LogP contribution in [0.4, 0.5) is 0 Å². The minimum atomic E-state index is -4.18. The number of ether oxygens (including phenoxy) is 1. The molecule has 0 aliphatic carbocycles. The Labute approximate surface area is 117 Å². The molecule has 0 saturated heterocycles. The number of carbonyl (C=O) groups is 1. The number of aryl methyl sites for hydroxylation is 1. The van der Waals surface area contributed by atoms with Gasteiger partial charge in [-0.2, -0.15) is 0 Å². The van der Waals surface area contributed by atoms with Crippen molar-refractivity contribution in [1.29, 1.82) is 0 Å². The number of sulfone groups is 1. The number of nitrogens with zero attached hydrogens (tertiary/aromatic N) is 2. The van der Waals surface area contributed by atoms with Crippen molar-refractivity contribution in [3.05, 3.63) is 35.4 Å². The molecule has 1 rings (SSSR count). The highest BCUT2D eigenvalue weighted by Gasteiger charge is 2.39. The first-order chi connectivity index (χ1) is 9.43. The number of esters is 1. The van der Waals surface area contributed by atoms with Crippen molar-refractivity contribution in [1.82, 2.24) is 0 Å². The number of hydrogen-bond acceptors (Lipinski definition) is 4. The van der Waals surface area contributed by atoms with E-state index < -0.39 is 20.9 Å². The molecule has 0 heterocycles. The first-order valence-corrected chi connectivity index (χ1v) is 7.62. The third-order valence-electron chi connectivity index (χ3n) is 2.58. The van der Waals surface area contributed by atoms with Gasteiger partial charge in [0.1, 0.15) is 0 Å². The Hall–Kier alpha value is -1.98. The molecular weight excluding hydrogens is 280 g/mol. The standard InChI is InChI=1S/C13H16N2O4S/c1-3-4-9-19-13(16)12(15-14)20(17,18)11-7-5-10(2)6-8-11/h5-8H,3-4,9H2,1-2H3. The third-order valence-corrected chi connectivity index (χ3v) is 4.23. The van der Waals surface area contributed by atoms with Gasteiger partial charge >= 0.3 is 11.0 Å². The van der Waals surface area contributed by atoms with Crippen molar-refractivity contribution in [2.24, 2.45) is 0 Å². The van der Waals surface area contributed by atoms with Gasteiger partial charge in [0.25, 0.3) is 9.84 Å². The topological polar surface area (TPSA) is 96.8 Å². The average Bonchev–Trinajstić information content (AvgIpc) is 2.40. The fourth-order valence-electron chi connectivity index (χ4n) is 1.40. The molecule has 1 aromatic rings. The Morgan fingerprint density at radius 2 is 1.90 bits per heavy atom. The maximum Gasteiger partial charge on any atom is 0.493 e. The summed E-state index contributed by atoms with van der Waals surface area (Å²) in [7, 11) is -4.18. The van der Waals surface area contributed by atoms with Crippen molar-refractivity contribution in [3.8, 4) is 0 Å². The van der Waals surface area contributed by atoms with Gasteiger partial charge in [-0.25, -0.2) is 13.2 Å². The molecule has 0 bridgehead atoms. The number of rotatable bonds is 4. The Kier molecular flexibility index (Phi) is 5.61. The van der Waals surface area contributed by atoms with E-state index in [9.17, 15) is 13.2 Å². The zero-order valence-electron chi connectivity index (χ0n) is 11.4. The SMILES string of the molecule is CCCCOC(=O)C(=[N+]=[N-])S(=O)(=O)c1ccc(C)cc1. The van der Waals surface area contributed by atoms with E-state index in [0.29, 0.717) is 6.42 Å². The summed E-state index contributed by atoms with van der Waals surface area (Å²) in [5, 5.41) is -1.00. The van der Waals surface area contributed by atoms with Crippen LogP contribution < -0.4 is 0 Å². The molecule has 0 unspecified atom stereocenters. The van der Waals surface area contributed by atoms with Crippen molar-refractivity contribution in [3.63, 3.8) is 0 Å². The van der Waals surface area contributed by atoms with E-state index in [-0.39, 0.29) is 11.5 Å². The molecule has 1 aromatic carbocycles. The van der Waals surface area contributed by atoms with Gasteiger partial charge in [-0.05, 0) is 25.5 Å². The lowest BCUT2D eigenvalue weighted by atomic mass is 10.2. The first kappa shape index (κ1) is 16.1. The van der Waals surface area contributed by atoms with Crippen LogP contribution in [0, 0.1) is 6.92 Å². The van der Waals surface area contributed by atoms with Crippen LogP contribution in [0.2, 0.25) is 0 Å². The van der Waals surface area contributed by atoms with Crippen molar-refractivity contribution in [2.75, 3.05) is 6.61 Å². The number of carbonyl (C=O) groups excluding carboxylic acids is 1. The summed E-state index contributed by atoms with van der Waals surface area (Å²) in [6.07, 6.45) is 1.40. The van der Waals surface area contributed by atoms with Crippen LogP contribution in [0.3, 0.4) is 0 Å². The van der Waals surface area contributed by atoms with Gasteiger partial charge in [-0.1, -0.05) is 31.0 Å². The summed E-state index contributed by atoms with van der Waals surface area (Å²) in [6, 6.07) is 5.86. The molecule has 0 amide bonds. The molecule has 0 atom stereocenters. The highest BCUT2D eigenvalue weighted by molar-refractivity contribution is 8.08. The van der Waals surface area contributed by atoms with Crippen LogP contribution in [0.15, 0.2) is 29.2 Å². The fraction of sp³-hybridized carbons (Fsp3) is 0.385. The van der Waals surface area contributed by atoms with Crippen LogP contribution in [0.5, 0.6) is 0 Å². The normalized spacial score (nSPS) is 10.7. The summed E-state index contributed by atoms with van der Waals surface area (Å²) in [4.78, 5) is 14.1. The van der Waals surface area contributed by atoms with E-state index in [1.54, 1.807) is 19.1 Å². The van der Waals surface area contributed by atoms with Gasteiger partial charge in [-0.3, -0.25) is 0 Å². The third kappa shape index (κ3) is 3.76. The average molecular weight is 296 g/mol. The molecule has 0 aliphatic heterocycles. The molecular formula is C13H16N2O4S. The van der Waals surface area contributed by atoms with Crippen LogP contribution in [0.1, 0.15) is 25.3 Å². The highest BCUT2D eigenvalue weighted by Crippen LogP contribution is 2.13. The Morgan fingerprint density at radius 3 is 2.40 bits per heavy atom. The molecule has 6 nitrogen and oxygen atoms in total. The second-order valence-electron chi connectivity index (χ2n) is 4.21. The number of hydrogen-bond donors (Lipinski definition) is 0. The van der Waals surface area contributed by atoms with E-state index >= 15 is 0 Å². The number of unbranched alkanes of at least 4 members (excludes halogenated alkanes) is 1. The predicted molar refractivity (Wildman–Crippen MR) is 72.9 cm³/mol. The quantitative estimate of drug-likeness (QED) is 0.211. The van der Waals surface area contributed by atoms with Crippen LogP contribution in [0.25, 0.3) is 5.53 Å². The largest absolute Gasteiger partial charge is 0.493 e. The summed E-state index contributed by atoms with van der Waals surface area (Å²) >= 11 is 0. The van der Waals surface area contributed by atoms with Gasteiger partial charge in [0, 0.05) is 0 Å². The second kappa shape index (κ2) is 6.98. The summed E-state index contributed by atoms with van der Waals surface area (Å²) in [6.45, 7) is 3.78. The summed E-state index contributed by atoms with van der Waals surface area (Å²) < 4.78 is 29.1. The summed E-state index contributed by atoms with van der Waals surface area (Å²) in [5.41, 5.74) is 9.68. The Balaban J connectivity index is 3.02. The first-order valence-electron chi connectivity index (χ1n) is 6.14. The maximum absolute atomic E-state index is 12.2. The summed E-state index contributed by atoms with van der Waals surface area (Å²) in [5.74, 6) is -1.15. The monoisotopic (exact) mass is 296 g/mol. The maximum atomic E-state index is 12.2. The predicted octanol–water partition coefficient (Wildman–Crippen LogP) is 1.74. The van der Waals surface area contributed by atoms with Gasteiger partial charge in [-0.15, -0.1) is 4.79 Å². The van der Waals surface area contributed by atoms with E-state index in [1.807, 2.05) is 6.92 Å². The molecule has 0 aliphatic rings. The van der Waals surface area contributed by atoms with Crippen molar-refractivity contribution >= 4 is 20.9 Å². The van der Waals surface area contributed by atoms with Gasteiger partial charge in [0.15, 0.2) is 0 Å². The van der Waals surface area contributed by atoms with Crippen LogP contribution >= 0.6 is 0 Å². The fourth-order valence-corrected chi connectivity index (χ4v) is 2.51. The molecule has 0 fully saturated rings. The van der Waals surface area contributed by atoms with Gasteiger partial charge in [0.2, 0.25) is 0 Å². The van der Waals surface area contributed by atoms with E-state index in [4.69, 9.17) is 10.3 Å². The molecule has 108 valence electrons. The molecule has 20 heavy (non-hydrogen) atoms. The van der Waals surface area contributed by atoms with E-state index in [1.165, 1.54) is 12.1 Å². The minimum absolute atomic E-state index is 0.0811. The van der Waals surface area contributed by atoms with Crippen molar-refractivity contribution in [2.45, 2.75) is 31.6 Å². The van der Waals surface area contributed by atoms with Gasteiger partial charge in [0.05, 0.1) is 11.5 Å². The molecule has 0 saturated carbocycles. The molecule has 0 N–H and O–H groups in total. The van der Waals surface area contributed by atoms with Crippen molar-refractivity contribution < 1.29 is 22.7 Å². The minimum Gasteiger partial charge on any atom is -0.456 e. The van der Waals surface area contributed by atoms with Gasteiger partial charge < -0.3 is 10.3 Å². The molecule has 0 radical (unpaired) electrons. The lowest BCUT2D eigenvalue weighted by Crippen LogP contribution is -2.28. The molecule has 0 spiro atoms. The lowest BCUT2D eigenvalue weighted by Gasteiger charge is -2.02. The highest BCUT2D eigenvalue weighted by atomic mass is 32.2. The zero-order chi connectivity index (χ0) is 15.2. The molecule has 0 aromatic heterocycles. The second-order valence-corrected chi connectivity index (χ2v) is 6.08. The van der Waals surface area contributed by atoms with Crippen LogP contribution in [-0.4, -0.2) is 30.8 Å². The molecule has 7 heteroatoms. The van der Waals surface area contributed by atoms with Crippen LogP contribution in [-0.2, 0) is 19.4 Å². The van der Waals surface area contributed by atoms with E-state index in [0.717, 1.165) is 12.0 Å². The lowest BCUT2D eigenvalue weighted by molar-refractivity contribution is -0.139. The van der Waals surface area contributed by atoms with E-state index in [2.05, 4.69) is 4.79 Å². The Bertz CT molecular complexity index is 629. The number of benzene rings is 1.